The van der Waals surface area contributed by atoms with Gasteiger partial charge in [0.25, 0.3) is 0 Å². The number of carboxylic acid groups (broad SMARTS) is 1. The predicted molar refractivity (Wildman–Crippen MR) is 87.7 cm³/mol. The summed E-state index contributed by atoms with van der Waals surface area (Å²) < 4.78 is 4.83. The number of aromatic nitrogens is 1. The number of aryl methyl sites for hydroxylation is 3. The number of hydrogen-bond acceptors (Lipinski definition) is 3. The van der Waals surface area contributed by atoms with Crippen molar-refractivity contribution in [2.45, 2.75) is 33.2 Å². The number of ether oxygens (including phenoxy) is 1. The van der Waals surface area contributed by atoms with Crippen LogP contribution in [0.15, 0.2) is 12.1 Å². The quantitative estimate of drug-likeness (QED) is 0.758. The summed E-state index contributed by atoms with van der Waals surface area (Å²) in [4.78, 5) is 26.7. The maximum Gasteiger partial charge on any atom is 0.328 e. The number of carbonyl (C=O) groups excluding carboxylic acids is 1. The summed E-state index contributed by atoms with van der Waals surface area (Å²) in [7, 11) is 1.40. The van der Waals surface area contributed by atoms with Gasteiger partial charge in [0.05, 0.1) is 13.0 Å². The number of H-pyrrole nitrogens is 1. The number of rotatable bonds is 6. The Bertz CT molecular complexity index is 749. The van der Waals surface area contributed by atoms with Crippen LogP contribution in [0.1, 0.15) is 22.4 Å². The summed E-state index contributed by atoms with van der Waals surface area (Å²) in [5.41, 5.74) is 5.05. The van der Waals surface area contributed by atoms with Crippen molar-refractivity contribution in [2.24, 2.45) is 0 Å². The van der Waals surface area contributed by atoms with E-state index in [1.807, 2.05) is 32.9 Å². The van der Waals surface area contributed by atoms with Gasteiger partial charge in [-0.1, -0.05) is 12.1 Å². The monoisotopic (exact) mass is 318 g/mol. The van der Waals surface area contributed by atoms with Crippen molar-refractivity contribution in [3.8, 4) is 0 Å². The Kier molecular flexibility index (Phi) is 5.05. The van der Waals surface area contributed by atoms with E-state index in [0.717, 1.165) is 33.3 Å². The average molecular weight is 318 g/mol. The number of carbonyl (C=O) groups is 2. The fourth-order valence-electron chi connectivity index (χ4n) is 2.78. The second-order valence-corrected chi connectivity index (χ2v) is 5.77. The van der Waals surface area contributed by atoms with Crippen LogP contribution in [0.2, 0.25) is 0 Å². The first-order valence-corrected chi connectivity index (χ1v) is 7.43. The predicted octanol–water partition coefficient (Wildman–Crippen LogP) is 1.85. The van der Waals surface area contributed by atoms with Crippen molar-refractivity contribution in [3.63, 3.8) is 0 Å². The van der Waals surface area contributed by atoms with Crippen molar-refractivity contribution in [1.82, 2.24) is 10.3 Å². The van der Waals surface area contributed by atoms with E-state index in [-0.39, 0.29) is 18.9 Å². The van der Waals surface area contributed by atoms with Crippen LogP contribution in [0.5, 0.6) is 0 Å². The zero-order chi connectivity index (χ0) is 17.1. The highest BCUT2D eigenvalue weighted by Gasteiger charge is 2.21. The number of carboxylic acids is 1. The number of aliphatic carboxylic acids is 1. The van der Waals surface area contributed by atoms with Gasteiger partial charge in [-0.3, -0.25) is 4.79 Å². The van der Waals surface area contributed by atoms with Gasteiger partial charge in [-0.2, -0.15) is 0 Å². The van der Waals surface area contributed by atoms with Gasteiger partial charge in [-0.15, -0.1) is 0 Å². The molecular weight excluding hydrogens is 296 g/mol. The SMILES string of the molecule is COC[C@@H](NC(=O)Cc1c(C)[nH]c2c(C)ccc(C)c12)C(=O)O. The number of hydrogen-bond donors (Lipinski definition) is 3. The van der Waals surface area contributed by atoms with Crippen molar-refractivity contribution < 1.29 is 19.4 Å². The van der Waals surface area contributed by atoms with E-state index < -0.39 is 12.0 Å². The molecule has 23 heavy (non-hydrogen) atoms. The van der Waals surface area contributed by atoms with Crippen molar-refractivity contribution in [1.29, 1.82) is 0 Å². The lowest BCUT2D eigenvalue weighted by Gasteiger charge is -2.13. The van der Waals surface area contributed by atoms with Gasteiger partial charge in [0.15, 0.2) is 6.04 Å². The molecular formula is C17H22N2O4. The first-order chi connectivity index (χ1) is 10.8. The Morgan fingerprint density at radius 3 is 2.52 bits per heavy atom. The van der Waals surface area contributed by atoms with Gasteiger partial charge in [0.2, 0.25) is 5.91 Å². The third-order valence-corrected chi connectivity index (χ3v) is 3.99. The molecule has 0 fully saturated rings. The van der Waals surface area contributed by atoms with E-state index in [1.165, 1.54) is 7.11 Å². The lowest BCUT2D eigenvalue weighted by molar-refractivity contribution is -0.143. The van der Waals surface area contributed by atoms with Crippen LogP contribution >= 0.6 is 0 Å². The molecule has 0 saturated carbocycles. The van der Waals surface area contributed by atoms with E-state index in [0.29, 0.717) is 0 Å². The van der Waals surface area contributed by atoms with E-state index >= 15 is 0 Å². The molecule has 0 aliphatic heterocycles. The first kappa shape index (κ1) is 17.0. The molecule has 0 unspecified atom stereocenters. The topological polar surface area (TPSA) is 91.4 Å². The van der Waals surface area contributed by atoms with Crippen LogP contribution in [0.3, 0.4) is 0 Å². The molecule has 0 radical (unpaired) electrons. The van der Waals surface area contributed by atoms with Gasteiger partial charge >= 0.3 is 5.97 Å². The molecule has 124 valence electrons. The summed E-state index contributed by atoms with van der Waals surface area (Å²) >= 11 is 0. The number of aromatic amines is 1. The first-order valence-electron chi connectivity index (χ1n) is 7.43. The Hall–Kier alpha value is -2.34. The van der Waals surface area contributed by atoms with Crippen LogP contribution in [0, 0.1) is 20.8 Å². The molecule has 1 amide bonds. The summed E-state index contributed by atoms with van der Waals surface area (Å²) in [6.07, 6.45) is 0.129. The number of benzene rings is 1. The number of methoxy groups -OCH3 is 1. The smallest absolute Gasteiger partial charge is 0.328 e. The Morgan fingerprint density at radius 2 is 1.91 bits per heavy atom. The Balaban J connectivity index is 2.28. The molecule has 0 spiro atoms. The van der Waals surface area contributed by atoms with Crippen LogP contribution < -0.4 is 5.32 Å². The molecule has 3 N–H and O–H groups in total. The molecule has 1 heterocycles. The highest BCUT2D eigenvalue weighted by atomic mass is 16.5. The summed E-state index contributed by atoms with van der Waals surface area (Å²) in [5.74, 6) is -1.44. The molecule has 6 nitrogen and oxygen atoms in total. The molecule has 6 heteroatoms. The van der Waals surface area contributed by atoms with Crippen LogP contribution in [0.4, 0.5) is 0 Å². The third-order valence-electron chi connectivity index (χ3n) is 3.99. The number of amides is 1. The summed E-state index contributed by atoms with van der Waals surface area (Å²) in [5, 5.41) is 12.6. The largest absolute Gasteiger partial charge is 0.480 e. The highest BCUT2D eigenvalue weighted by molar-refractivity contribution is 5.94. The van der Waals surface area contributed by atoms with Crippen molar-refractivity contribution >= 4 is 22.8 Å². The number of nitrogens with one attached hydrogen (secondary N) is 2. The second kappa shape index (κ2) is 6.83. The van der Waals surface area contributed by atoms with Crippen LogP contribution in [0.25, 0.3) is 10.9 Å². The molecule has 2 rings (SSSR count). The van der Waals surface area contributed by atoms with E-state index in [2.05, 4.69) is 10.3 Å². The lowest BCUT2D eigenvalue weighted by atomic mass is 10.0. The maximum atomic E-state index is 12.2. The van der Waals surface area contributed by atoms with Crippen molar-refractivity contribution in [3.05, 3.63) is 34.5 Å². The minimum atomic E-state index is -1.11. The van der Waals surface area contributed by atoms with Crippen LogP contribution in [-0.2, 0) is 20.7 Å². The standard InChI is InChI=1S/C17H22N2O4/c1-9-5-6-10(2)16-15(9)12(11(3)18-16)7-14(20)19-13(8-23-4)17(21)22/h5-6,13,18H,7-8H2,1-4H3,(H,19,20)(H,21,22)/t13-/m1/s1. The molecule has 1 atom stereocenters. The molecule has 0 aliphatic carbocycles. The summed E-state index contributed by atoms with van der Waals surface area (Å²) in [6.45, 7) is 5.87. The Labute approximate surface area is 134 Å². The average Bonchev–Trinajstić information content (AvgIpc) is 2.81. The zero-order valence-corrected chi connectivity index (χ0v) is 13.8. The van der Waals surface area contributed by atoms with Gasteiger partial charge in [-0.05, 0) is 37.5 Å². The summed E-state index contributed by atoms with van der Waals surface area (Å²) in [6, 6.07) is 3.02. The van der Waals surface area contributed by atoms with E-state index in [1.54, 1.807) is 0 Å². The van der Waals surface area contributed by atoms with Crippen LogP contribution in [-0.4, -0.2) is 41.7 Å². The molecule has 0 bridgehead atoms. The maximum absolute atomic E-state index is 12.2. The molecule has 0 saturated heterocycles. The lowest BCUT2D eigenvalue weighted by Crippen LogP contribution is -2.44. The van der Waals surface area contributed by atoms with Gasteiger partial charge in [-0.25, -0.2) is 4.79 Å². The third kappa shape index (κ3) is 3.53. The normalized spacial score (nSPS) is 12.3. The second-order valence-electron chi connectivity index (χ2n) is 5.77. The van der Waals surface area contributed by atoms with Gasteiger partial charge in [0, 0.05) is 23.7 Å². The minimum Gasteiger partial charge on any atom is -0.480 e. The molecule has 2 aromatic rings. The zero-order valence-electron chi connectivity index (χ0n) is 13.8. The minimum absolute atomic E-state index is 0.0634. The van der Waals surface area contributed by atoms with Gasteiger partial charge < -0.3 is 20.1 Å². The molecule has 0 aliphatic rings. The molecule has 1 aromatic carbocycles. The fourth-order valence-corrected chi connectivity index (χ4v) is 2.78. The molecule has 1 aromatic heterocycles. The number of fused-ring (bicyclic) bond motifs is 1. The Morgan fingerprint density at radius 1 is 1.26 bits per heavy atom. The van der Waals surface area contributed by atoms with Gasteiger partial charge in [0.1, 0.15) is 0 Å². The van der Waals surface area contributed by atoms with E-state index in [9.17, 15) is 9.59 Å². The highest BCUT2D eigenvalue weighted by Crippen LogP contribution is 2.28. The fraction of sp³-hybridized carbons (Fsp3) is 0.412. The van der Waals surface area contributed by atoms with Crippen molar-refractivity contribution in [2.75, 3.05) is 13.7 Å². The van der Waals surface area contributed by atoms with E-state index in [4.69, 9.17) is 9.84 Å².